The lowest BCUT2D eigenvalue weighted by Crippen LogP contribution is -2.27. The molecule has 0 saturated heterocycles. The van der Waals surface area contributed by atoms with Crippen LogP contribution in [-0.2, 0) is 6.54 Å². The summed E-state index contributed by atoms with van der Waals surface area (Å²) < 4.78 is 13.0. The lowest BCUT2D eigenvalue weighted by Gasteiger charge is -2.19. The number of nitriles is 1. The average molecular weight is 206 g/mol. The van der Waals surface area contributed by atoms with Crippen LogP contribution in [0.5, 0.6) is 0 Å². The largest absolute Gasteiger partial charge is 0.287 e. The van der Waals surface area contributed by atoms with E-state index in [0.29, 0.717) is 12.1 Å². The number of hydrogen-bond acceptors (Lipinski definition) is 2. The van der Waals surface area contributed by atoms with Crippen LogP contribution in [0.4, 0.5) is 4.39 Å². The normalized spacial score (nSPS) is 12.5. The summed E-state index contributed by atoms with van der Waals surface area (Å²) in [5.41, 5.74) is 1.67. The van der Waals surface area contributed by atoms with E-state index in [9.17, 15) is 4.39 Å². The molecule has 0 fully saturated rings. The summed E-state index contributed by atoms with van der Waals surface area (Å²) in [7, 11) is 1.88. The molecule has 0 aliphatic carbocycles. The maximum Gasteiger partial charge on any atom is 0.126 e. The summed E-state index contributed by atoms with van der Waals surface area (Å²) >= 11 is 0. The quantitative estimate of drug-likeness (QED) is 0.759. The minimum absolute atomic E-state index is 0.129. The van der Waals surface area contributed by atoms with Crippen LogP contribution in [0.1, 0.15) is 18.1 Å². The van der Waals surface area contributed by atoms with Crippen molar-refractivity contribution in [3.8, 4) is 6.07 Å². The minimum Gasteiger partial charge on any atom is -0.287 e. The third-order valence-electron chi connectivity index (χ3n) is 2.50. The molecule has 0 bridgehead atoms. The van der Waals surface area contributed by atoms with Crippen molar-refractivity contribution in [3.05, 3.63) is 35.1 Å². The van der Waals surface area contributed by atoms with E-state index < -0.39 is 0 Å². The van der Waals surface area contributed by atoms with Crippen molar-refractivity contribution in [2.45, 2.75) is 26.4 Å². The van der Waals surface area contributed by atoms with Crippen LogP contribution in [-0.4, -0.2) is 18.0 Å². The Morgan fingerprint density at radius 2 is 2.20 bits per heavy atom. The first-order chi connectivity index (χ1) is 7.04. The van der Waals surface area contributed by atoms with Crippen molar-refractivity contribution in [1.82, 2.24) is 4.90 Å². The van der Waals surface area contributed by atoms with E-state index in [2.05, 4.69) is 6.07 Å². The number of nitrogens with zero attached hydrogens (tertiary/aromatic N) is 2. The van der Waals surface area contributed by atoms with Crippen LogP contribution in [0.2, 0.25) is 0 Å². The number of halogens is 1. The van der Waals surface area contributed by atoms with Gasteiger partial charge in [-0.15, -0.1) is 0 Å². The molecule has 1 aromatic rings. The second-order valence-electron chi connectivity index (χ2n) is 3.80. The predicted octanol–water partition coefficient (Wildman–Crippen LogP) is 2.48. The highest BCUT2D eigenvalue weighted by Gasteiger charge is 2.08. The first-order valence-electron chi connectivity index (χ1n) is 4.89. The van der Waals surface area contributed by atoms with Gasteiger partial charge in [0.1, 0.15) is 5.82 Å². The third kappa shape index (κ3) is 3.03. The van der Waals surface area contributed by atoms with Gasteiger partial charge in [-0.25, -0.2) is 4.39 Å². The van der Waals surface area contributed by atoms with Crippen molar-refractivity contribution in [1.29, 1.82) is 5.26 Å². The van der Waals surface area contributed by atoms with Crippen LogP contribution in [0.3, 0.4) is 0 Å². The molecule has 0 aliphatic rings. The molecule has 3 heteroatoms. The molecular formula is C12H15FN2. The van der Waals surface area contributed by atoms with Crippen LogP contribution in [0.25, 0.3) is 0 Å². The number of hydrogen-bond donors (Lipinski definition) is 0. The van der Waals surface area contributed by atoms with Gasteiger partial charge in [0.25, 0.3) is 0 Å². The first-order valence-corrected chi connectivity index (χ1v) is 4.89. The molecular weight excluding hydrogens is 191 g/mol. The third-order valence-corrected chi connectivity index (χ3v) is 2.50. The van der Waals surface area contributed by atoms with Gasteiger partial charge in [0.2, 0.25) is 0 Å². The molecule has 0 N–H and O–H groups in total. The summed E-state index contributed by atoms with van der Waals surface area (Å²) in [6.07, 6.45) is 0. The van der Waals surface area contributed by atoms with Gasteiger partial charge in [0, 0.05) is 6.54 Å². The Kier molecular flexibility index (Phi) is 3.81. The molecule has 0 amide bonds. The van der Waals surface area contributed by atoms with E-state index >= 15 is 0 Å². The molecule has 1 rings (SSSR count). The standard InChI is InChI=1S/C12H15FN2/c1-9-6-11(4-5-12(9)13)8-15(3)10(2)7-14/h4-6,10H,8H2,1-3H3. The fourth-order valence-corrected chi connectivity index (χ4v) is 1.33. The number of benzene rings is 1. The molecule has 15 heavy (non-hydrogen) atoms. The van der Waals surface area contributed by atoms with Gasteiger partial charge in [-0.2, -0.15) is 5.26 Å². The topological polar surface area (TPSA) is 27.0 Å². The van der Waals surface area contributed by atoms with E-state index in [-0.39, 0.29) is 11.9 Å². The minimum atomic E-state index is -0.185. The molecule has 1 aromatic carbocycles. The van der Waals surface area contributed by atoms with Crippen LogP contribution >= 0.6 is 0 Å². The molecule has 1 unspecified atom stereocenters. The van der Waals surface area contributed by atoms with Crippen molar-refractivity contribution < 1.29 is 4.39 Å². The summed E-state index contributed by atoms with van der Waals surface area (Å²) in [5, 5.41) is 8.73. The van der Waals surface area contributed by atoms with Gasteiger partial charge in [-0.05, 0) is 38.1 Å². The van der Waals surface area contributed by atoms with Gasteiger partial charge in [0.05, 0.1) is 12.1 Å². The molecule has 80 valence electrons. The van der Waals surface area contributed by atoms with Crippen molar-refractivity contribution in [2.75, 3.05) is 7.05 Å². The molecule has 0 heterocycles. The zero-order valence-electron chi connectivity index (χ0n) is 9.29. The van der Waals surface area contributed by atoms with E-state index in [1.165, 1.54) is 6.07 Å². The molecule has 0 radical (unpaired) electrons. The Balaban J connectivity index is 2.74. The number of aryl methyl sites for hydroxylation is 1. The zero-order chi connectivity index (χ0) is 11.4. The smallest absolute Gasteiger partial charge is 0.126 e. The second kappa shape index (κ2) is 4.90. The van der Waals surface area contributed by atoms with Gasteiger partial charge in [-0.3, -0.25) is 4.90 Å². The molecule has 0 aliphatic heterocycles. The Bertz CT molecular complexity index is 382. The Labute approximate surface area is 89.9 Å². The maximum absolute atomic E-state index is 13.0. The Morgan fingerprint density at radius 1 is 1.53 bits per heavy atom. The lowest BCUT2D eigenvalue weighted by atomic mass is 10.1. The van der Waals surface area contributed by atoms with E-state index in [1.54, 1.807) is 13.0 Å². The summed E-state index contributed by atoms with van der Waals surface area (Å²) in [5.74, 6) is -0.185. The van der Waals surface area contributed by atoms with Crippen molar-refractivity contribution in [2.24, 2.45) is 0 Å². The molecule has 0 saturated carbocycles. The lowest BCUT2D eigenvalue weighted by molar-refractivity contribution is 0.294. The zero-order valence-corrected chi connectivity index (χ0v) is 9.29. The van der Waals surface area contributed by atoms with Crippen LogP contribution in [0, 0.1) is 24.1 Å². The summed E-state index contributed by atoms with van der Waals surface area (Å²) in [6, 6.07) is 7.07. The molecule has 0 aromatic heterocycles. The fourth-order valence-electron chi connectivity index (χ4n) is 1.33. The monoisotopic (exact) mass is 206 g/mol. The van der Waals surface area contributed by atoms with Crippen molar-refractivity contribution >= 4 is 0 Å². The van der Waals surface area contributed by atoms with Crippen molar-refractivity contribution in [3.63, 3.8) is 0 Å². The van der Waals surface area contributed by atoms with Gasteiger partial charge < -0.3 is 0 Å². The van der Waals surface area contributed by atoms with E-state index in [0.717, 1.165) is 5.56 Å². The maximum atomic E-state index is 13.0. The van der Waals surface area contributed by atoms with E-state index in [1.807, 2.05) is 24.9 Å². The summed E-state index contributed by atoms with van der Waals surface area (Å²) in [6.45, 7) is 4.25. The molecule has 1 atom stereocenters. The highest BCUT2D eigenvalue weighted by molar-refractivity contribution is 5.23. The summed E-state index contributed by atoms with van der Waals surface area (Å²) in [4.78, 5) is 1.92. The van der Waals surface area contributed by atoms with Gasteiger partial charge in [-0.1, -0.05) is 12.1 Å². The van der Waals surface area contributed by atoms with Gasteiger partial charge >= 0.3 is 0 Å². The fraction of sp³-hybridized carbons (Fsp3) is 0.417. The predicted molar refractivity (Wildman–Crippen MR) is 57.7 cm³/mol. The highest BCUT2D eigenvalue weighted by Crippen LogP contribution is 2.11. The SMILES string of the molecule is Cc1cc(CN(C)C(C)C#N)ccc1F. The Morgan fingerprint density at radius 3 is 2.73 bits per heavy atom. The average Bonchev–Trinajstić information content (AvgIpc) is 2.22. The van der Waals surface area contributed by atoms with Crippen LogP contribution < -0.4 is 0 Å². The van der Waals surface area contributed by atoms with Gasteiger partial charge in [0.15, 0.2) is 0 Å². The molecule has 2 nitrogen and oxygen atoms in total. The Hall–Kier alpha value is -1.40. The second-order valence-corrected chi connectivity index (χ2v) is 3.80. The highest BCUT2D eigenvalue weighted by atomic mass is 19.1. The van der Waals surface area contributed by atoms with E-state index in [4.69, 9.17) is 5.26 Å². The van der Waals surface area contributed by atoms with Crippen LogP contribution in [0.15, 0.2) is 18.2 Å². The first kappa shape index (κ1) is 11.7. The molecule has 0 spiro atoms. The number of rotatable bonds is 3.